The summed E-state index contributed by atoms with van der Waals surface area (Å²) in [6, 6.07) is 8.38. The van der Waals surface area contributed by atoms with Crippen LogP contribution in [0.15, 0.2) is 45.8 Å². The maximum Gasteiger partial charge on any atom is 0.253 e. The maximum atomic E-state index is 13.7. The van der Waals surface area contributed by atoms with Crippen molar-refractivity contribution in [3.05, 3.63) is 51.5 Å². The predicted molar refractivity (Wildman–Crippen MR) is 154 cm³/mol. The van der Waals surface area contributed by atoms with Crippen LogP contribution in [0, 0.1) is 0 Å². The number of carbonyl (C=O) groups excluding carboxylic acids is 2. The SMILES string of the molecule is COC1CCN(C(=O)C(Cc2cc(-c3ccc(Cl)s3)on2)NS(=O)(=O)c2cccc(N3CCOCC3=O)c2Cl)CC1. The van der Waals surface area contributed by atoms with Crippen molar-refractivity contribution >= 4 is 62.1 Å². The van der Waals surface area contributed by atoms with Gasteiger partial charge in [0.25, 0.3) is 5.91 Å². The zero-order chi connectivity index (χ0) is 29.1. The van der Waals surface area contributed by atoms with Gasteiger partial charge in [-0.05, 0) is 37.1 Å². The van der Waals surface area contributed by atoms with Gasteiger partial charge in [-0.2, -0.15) is 4.72 Å². The van der Waals surface area contributed by atoms with Gasteiger partial charge in [-0.1, -0.05) is 34.4 Å². The number of amides is 2. The molecule has 0 spiro atoms. The van der Waals surface area contributed by atoms with E-state index in [4.69, 9.17) is 37.2 Å². The largest absolute Gasteiger partial charge is 0.381 e. The number of methoxy groups -OCH3 is 1. The molecule has 1 N–H and O–H groups in total. The van der Waals surface area contributed by atoms with E-state index in [0.717, 1.165) is 4.88 Å². The number of anilines is 1. The first kappa shape index (κ1) is 30.0. The number of halogens is 2. The van der Waals surface area contributed by atoms with Crippen molar-refractivity contribution in [1.82, 2.24) is 14.8 Å². The Kier molecular flexibility index (Phi) is 9.33. The van der Waals surface area contributed by atoms with Crippen LogP contribution in [-0.2, 0) is 35.5 Å². The number of sulfonamides is 1. The highest BCUT2D eigenvalue weighted by Crippen LogP contribution is 2.34. The van der Waals surface area contributed by atoms with Gasteiger partial charge in [0.2, 0.25) is 15.9 Å². The molecule has 1 aromatic carbocycles. The molecule has 0 bridgehead atoms. The number of thiophene rings is 1. The van der Waals surface area contributed by atoms with Gasteiger partial charge in [-0.15, -0.1) is 11.3 Å². The fourth-order valence-electron chi connectivity index (χ4n) is 4.83. The highest BCUT2D eigenvalue weighted by atomic mass is 35.5. The predicted octanol–water partition coefficient (Wildman–Crippen LogP) is 3.60. The quantitative estimate of drug-likeness (QED) is 0.375. The second-order valence-electron chi connectivity index (χ2n) is 9.61. The summed E-state index contributed by atoms with van der Waals surface area (Å²) in [7, 11) is -2.70. The summed E-state index contributed by atoms with van der Waals surface area (Å²) < 4.78 is 46.6. The summed E-state index contributed by atoms with van der Waals surface area (Å²) in [5.41, 5.74) is 0.638. The molecule has 220 valence electrons. The van der Waals surface area contributed by atoms with Crippen molar-refractivity contribution in [2.75, 3.05) is 44.9 Å². The number of rotatable bonds is 9. The minimum absolute atomic E-state index is 0.0364. The molecule has 11 nitrogen and oxygen atoms in total. The molecule has 2 aliphatic rings. The smallest absolute Gasteiger partial charge is 0.253 e. The average molecular weight is 644 g/mol. The Bertz CT molecular complexity index is 1520. The van der Waals surface area contributed by atoms with Gasteiger partial charge >= 0.3 is 0 Å². The Hall–Kier alpha value is -2.52. The van der Waals surface area contributed by atoms with Crippen molar-refractivity contribution in [3.63, 3.8) is 0 Å². The van der Waals surface area contributed by atoms with Crippen LogP contribution in [0.4, 0.5) is 5.69 Å². The van der Waals surface area contributed by atoms with E-state index in [1.165, 1.54) is 28.4 Å². The normalized spacial score (nSPS) is 17.7. The Labute approximate surface area is 251 Å². The van der Waals surface area contributed by atoms with Gasteiger partial charge in [0, 0.05) is 39.2 Å². The second kappa shape index (κ2) is 12.8. The van der Waals surface area contributed by atoms with Gasteiger partial charge in [0.15, 0.2) is 5.76 Å². The lowest BCUT2D eigenvalue weighted by atomic mass is 10.1. The van der Waals surface area contributed by atoms with Crippen molar-refractivity contribution in [2.24, 2.45) is 0 Å². The Morgan fingerprint density at radius 1 is 1.22 bits per heavy atom. The Morgan fingerprint density at radius 3 is 2.68 bits per heavy atom. The molecule has 4 heterocycles. The molecule has 3 aromatic rings. The van der Waals surface area contributed by atoms with Crippen molar-refractivity contribution in [2.45, 2.75) is 36.3 Å². The molecule has 15 heteroatoms. The number of nitrogens with one attached hydrogen (secondary N) is 1. The lowest BCUT2D eigenvalue weighted by Gasteiger charge is -2.33. The molecule has 5 rings (SSSR count). The molecule has 2 fully saturated rings. The summed E-state index contributed by atoms with van der Waals surface area (Å²) in [5, 5.41) is 3.95. The minimum atomic E-state index is -4.33. The Balaban J connectivity index is 1.42. The fraction of sp³-hybridized carbons (Fsp3) is 0.423. The molecule has 0 aliphatic carbocycles. The van der Waals surface area contributed by atoms with E-state index in [-0.39, 0.29) is 47.2 Å². The van der Waals surface area contributed by atoms with E-state index in [9.17, 15) is 18.0 Å². The number of ether oxygens (including phenoxy) is 2. The van der Waals surface area contributed by atoms with Crippen LogP contribution in [0.3, 0.4) is 0 Å². The number of hydrogen-bond acceptors (Lipinski definition) is 9. The van der Waals surface area contributed by atoms with Crippen molar-refractivity contribution < 1.29 is 32.0 Å². The monoisotopic (exact) mass is 642 g/mol. The van der Waals surface area contributed by atoms with E-state index in [1.807, 2.05) is 0 Å². The average Bonchev–Trinajstić information content (AvgIpc) is 3.61. The standard InChI is InChI=1S/C26H28Cl2N4O7S2/c1-37-17-7-9-31(10-8-17)26(34)18(13-16-14-20(39-29-16)21-5-6-23(27)40-21)30-41(35,36)22-4-2-3-19(25(22)28)32-11-12-38-15-24(32)33/h2-6,14,17-18,30H,7-13,15H2,1H3. The van der Waals surface area contributed by atoms with Crippen LogP contribution < -0.4 is 9.62 Å². The van der Waals surface area contributed by atoms with Gasteiger partial charge in [-0.25, -0.2) is 8.42 Å². The topological polar surface area (TPSA) is 131 Å². The van der Waals surface area contributed by atoms with Crippen LogP contribution in [0.1, 0.15) is 18.5 Å². The van der Waals surface area contributed by atoms with Crippen LogP contribution >= 0.6 is 34.5 Å². The number of benzene rings is 1. The molecular formula is C26H28Cl2N4O7S2. The number of hydrogen-bond donors (Lipinski definition) is 1. The number of aromatic nitrogens is 1. The molecule has 2 amide bonds. The number of carbonyl (C=O) groups is 2. The zero-order valence-corrected chi connectivity index (χ0v) is 25.2. The van der Waals surface area contributed by atoms with Crippen molar-refractivity contribution in [1.29, 1.82) is 0 Å². The van der Waals surface area contributed by atoms with Gasteiger partial charge in [-0.3, -0.25) is 9.59 Å². The van der Waals surface area contributed by atoms with Crippen LogP contribution in [0.2, 0.25) is 9.36 Å². The highest BCUT2D eigenvalue weighted by Gasteiger charge is 2.34. The Morgan fingerprint density at radius 2 is 2.00 bits per heavy atom. The molecule has 2 saturated heterocycles. The van der Waals surface area contributed by atoms with Crippen LogP contribution in [0.25, 0.3) is 10.6 Å². The van der Waals surface area contributed by atoms with Crippen LogP contribution in [0.5, 0.6) is 0 Å². The minimum Gasteiger partial charge on any atom is -0.381 e. The van der Waals surface area contributed by atoms with Crippen molar-refractivity contribution in [3.8, 4) is 10.6 Å². The number of morpholine rings is 1. The molecular weight excluding hydrogens is 615 g/mol. The molecule has 1 atom stereocenters. The summed E-state index contributed by atoms with van der Waals surface area (Å²) in [6.07, 6.45) is 1.24. The van der Waals surface area contributed by atoms with Crippen LogP contribution in [-0.4, -0.2) is 82.4 Å². The second-order valence-corrected chi connectivity index (χ2v) is 13.4. The lowest BCUT2D eigenvalue weighted by molar-refractivity contribution is -0.135. The third-order valence-electron chi connectivity index (χ3n) is 6.98. The third-order valence-corrected chi connectivity index (χ3v) is 10.2. The number of piperidine rings is 1. The summed E-state index contributed by atoms with van der Waals surface area (Å²) in [5.74, 6) is -0.276. The summed E-state index contributed by atoms with van der Waals surface area (Å²) in [4.78, 5) is 29.6. The summed E-state index contributed by atoms with van der Waals surface area (Å²) in [6.45, 7) is 1.24. The first-order valence-electron chi connectivity index (χ1n) is 12.9. The van der Waals surface area contributed by atoms with E-state index >= 15 is 0 Å². The van der Waals surface area contributed by atoms with Gasteiger partial charge in [0.1, 0.15) is 17.5 Å². The molecule has 41 heavy (non-hydrogen) atoms. The maximum absolute atomic E-state index is 13.7. The third kappa shape index (κ3) is 6.77. The highest BCUT2D eigenvalue weighted by molar-refractivity contribution is 7.89. The van der Waals surface area contributed by atoms with E-state index in [2.05, 4.69) is 9.88 Å². The molecule has 0 radical (unpaired) electrons. The lowest BCUT2D eigenvalue weighted by Crippen LogP contribution is -2.52. The van der Waals surface area contributed by atoms with E-state index in [0.29, 0.717) is 48.3 Å². The fourth-order valence-corrected chi connectivity index (χ4v) is 7.64. The molecule has 2 aliphatic heterocycles. The van der Waals surface area contributed by atoms with Gasteiger partial charge < -0.3 is 23.8 Å². The molecule has 1 unspecified atom stereocenters. The number of likely N-dealkylation sites (tertiary alicyclic amines) is 1. The molecule has 2 aromatic heterocycles. The molecule has 0 saturated carbocycles. The van der Waals surface area contributed by atoms with E-state index in [1.54, 1.807) is 36.3 Å². The zero-order valence-electron chi connectivity index (χ0n) is 22.0. The summed E-state index contributed by atoms with van der Waals surface area (Å²) >= 11 is 13.9. The first-order chi connectivity index (χ1) is 19.7. The van der Waals surface area contributed by atoms with E-state index < -0.39 is 22.0 Å². The first-order valence-corrected chi connectivity index (χ1v) is 15.9. The van der Waals surface area contributed by atoms with Gasteiger partial charge in [0.05, 0.1) is 38.3 Å². The number of nitrogens with zero attached hydrogens (tertiary/aromatic N) is 3.